The van der Waals surface area contributed by atoms with Crippen molar-refractivity contribution in [3.63, 3.8) is 0 Å². The lowest BCUT2D eigenvalue weighted by Gasteiger charge is -2.23. The summed E-state index contributed by atoms with van der Waals surface area (Å²) in [5.74, 6) is -0.538. The normalized spacial score (nSPS) is 14.7. The molecule has 1 aliphatic carbocycles. The Morgan fingerprint density at radius 3 is 2.20 bits per heavy atom. The summed E-state index contributed by atoms with van der Waals surface area (Å²) >= 11 is 12.2. The number of nitrogens with zero attached hydrogens (tertiary/aromatic N) is 1. The fraction of sp³-hybridized carbons (Fsp3) is 0.263. The van der Waals surface area contributed by atoms with Gasteiger partial charge in [-0.25, -0.2) is 0 Å². The molecule has 0 aromatic heterocycles. The van der Waals surface area contributed by atoms with Crippen LogP contribution in [0.5, 0.6) is 0 Å². The zero-order valence-electron chi connectivity index (χ0n) is 13.8. The number of amides is 2. The van der Waals surface area contributed by atoms with Gasteiger partial charge in [-0.3, -0.25) is 9.59 Å². The third kappa shape index (κ3) is 3.65. The van der Waals surface area contributed by atoms with Gasteiger partial charge in [-0.15, -0.1) is 0 Å². The molecule has 1 aliphatic rings. The molecule has 0 aliphatic heterocycles. The van der Waals surface area contributed by atoms with E-state index in [2.05, 4.69) is 5.32 Å². The fourth-order valence-electron chi connectivity index (χ4n) is 2.81. The van der Waals surface area contributed by atoms with Crippen LogP contribution < -0.4 is 5.32 Å². The first-order valence-corrected chi connectivity index (χ1v) is 8.74. The number of benzene rings is 2. The Labute approximate surface area is 156 Å². The molecule has 25 heavy (non-hydrogen) atoms. The van der Waals surface area contributed by atoms with Crippen molar-refractivity contribution < 1.29 is 9.59 Å². The topological polar surface area (TPSA) is 49.4 Å². The van der Waals surface area contributed by atoms with E-state index in [9.17, 15) is 9.59 Å². The molecule has 6 heteroatoms. The summed E-state index contributed by atoms with van der Waals surface area (Å²) in [7, 11) is 1.71. The van der Waals surface area contributed by atoms with E-state index in [1.54, 1.807) is 30.1 Å². The lowest BCUT2D eigenvalue weighted by molar-refractivity contribution is -0.141. The maximum absolute atomic E-state index is 12.8. The lowest BCUT2D eigenvalue weighted by Crippen LogP contribution is -2.40. The molecule has 130 valence electrons. The van der Waals surface area contributed by atoms with Crippen molar-refractivity contribution in [2.75, 3.05) is 12.4 Å². The van der Waals surface area contributed by atoms with Gasteiger partial charge in [-0.05, 0) is 30.5 Å². The van der Waals surface area contributed by atoms with Crippen molar-refractivity contribution in [1.29, 1.82) is 0 Å². The summed E-state index contributed by atoms with van der Waals surface area (Å²) in [6, 6.07) is 14.7. The van der Waals surface area contributed by atoms with Crippen molar-refractivity contribution in [2.45, 2.75) is 19.4 Å². The maximum Gasteiger partial charge on any atom is 0.240 e. The second-order valence-corrected chi connectivity index (χ2v) is 7.09. The zero-order chi connectivity index (χ0) is 18.0. The van der Waals surface area contributed by atoms with E-state index < -0.39 is 5.41 Å². The van der Waals surface area contributed by atoms with Crippen molar-refractivity contribution in [3.8, 4) is 0 Å². The number of halogens is 2. The van der Waals surface area contributed by atoms with E-state index in [1.165, 1.54) is 0 Å². The molecule has 0 bridgehead atoms. The summed E-state index contributed by atoms with van der Waals surface area (Å²) in [4.78, 5) is 27.1. The molecular weight excluding hydrogens is 359 g/mol. The van der Waals surface area contributed by atoms with Gasteiger partial charge in [0.05, 0.1) is 15.7 Å². The van der Waals surface area contributed by atoms with Crippen molar-refractivity contribution in [1.82, 2.24) is 4.90 Å². The van der Waals surface area contributed by atoms with E-state index >= 15 is 0 Å². The minimum absolute atomic E-state index is 0.183. The van der Waals surface area contributed by atoms with E-state index in [4.69, 9.17) is 23.2 Å². The van der Waals surface area contributed by atoms with Gasteiger partial charge in [0.1, 0.15) is 5.41 Å². The summed E-state index contributed by atoms with van der Waals surface area (Å²) in [6.07, 6.45) is 1.05. The van der Waals surface area contributed by atoms with Crippen LogP contribution in [-0.2, 0) is 16.1 Å². The highest BCUT2D eigenvalue weighted by molar-refractivity contribution is 6.40. The number of hydrogen-bond acceptors (Lipinski definition) is 2. The van der Waals surface area contributed by atoms with Crippen LogP contribution in [-0.4, -0.2) is 23.8 Å². The molecule has 0 spiro atoms. The molecule has 4 nitrogen and oxygen atoms in total. The Morgan fingerprint density at radius 1 is 1.04 bits per heavy atom. The molecule has 0 heterocycles. The SMILES string of the molecule is CN(Cc1ccccc1)C(=O)C1(C(=O)Nc2c(Cl)cccc2Cl)CC1. The molecular formula is C19H18Cl2N2O2. The highest BCUT2D eigenvalue weighted by Gasteiger charge is 2.57. The Hall–Kier alpha value is -2.04. The monoisotopic (exact) mass is 376 g/mol. The summed E-state index contributed by atoms with van der Waals surface area (Å²) in [5, 5.41) is 3.43. The lowest BCUT2D eigenvalue weighted by atomic mass is 10.0. The molecule has 2 amide bonds. The quantitative estimate of drug-likeness (QED) is 0.787. The van der Waals surface area contributed by atoms with Crippen LogP contribution in [0.2, 0.25) is 10.0 Å². The van der Waals surface area contributed by atoms with Gasteiger partial charge in [0.25, 0.3) is 0 Å². The second-order valence-electron chi connectivity index (χ2n) is 6.28. The number of carbonyl (C=O) groups excluding carboxylic acids is 2. The molecule has 0 atom stereocenters. The molecule has 2 aromatic rings. The average molecular weight is 377 g/mol. The number of anilines is 1. The van der Waals surface area contributed by atoms with Crippen molar-refractivity contribution >= 4 is 40.7 Å². The first kappa shape index (κ1) is 17.8. The summed E-state index contributed by atoms with van der Waals surface area (Å²) < 4.78 is 0. The highest BCUT2D eigenvalue weighted by Crippen LogP contribution is 2.48. The first-order chi connectivity index (χ1) is 11.9. The van der Waals surface area contributed by atoms with Crippen LogP contribution in [0.3, 0.4) is 0 Å². The number of nitrogens with one attached hydrogen (secondary N) is 1. The Morgan fingerprint density at radius 2 is 1.64 bits per heavy atom. The number of rotatable bonds is 5. The van der Waals surface area contributed by atoms with Crippen LogP contribution in [0, 0.1) is 5.41 Å². The second kappa shape index (κ2) is 7.06. The smallest absolute Gasteiger partial charge is 0.240 e. The zero-order valence-corrected chi connectivity index (χ0v) is 15.3. The van der Waals surface area contributed by atoms with Gasteiger partial charge >= 0.3 is 0 Å². The number of para-hydroxylation sites is 1. The van der Waals surface area contributed by atoms with Gasteiger partial charge in [-0.2, -0.15) is 0 Å². The van der Waals surface area contributed by atoms with Gasteiger partial charge < -0.3 is 10.2 Å². The molecule has 1 saturated carbocycles. The largest absolute Gasteiger partial charge is 0.340 e. The Bertz CT molecular complexity index is 784. The molecule has 1 N–H and O–H groups in total. The summed E-state index contributed by atoms with van der Waals surface area (Å²) in [6.45, 7) is 0.460. The van der Waals surface area contributed by atoms with Crippen LogP contribution in [0.15, 0.2) is 48.5 Å². The van der Waals surface area contributed by atoms with Crippen LogP contribution in [0.25, 0.3) is 0 Å². The predicted molar refractivity (Wildman–Crippen MR) is 99.7 cm³/mol. The van der Waals surface area contributed by atoms with E-state index in [-0.39, 0.29) is 11.8 Å². The minimum atomic E-state index is -1.02. The standard InChI is InChI=1S/C19H18Cl2N2O2/c1-23(12-13-6-3-2-4-7-13)18(25)19(10-11-19)17(24)22-16-14(20)8-5-9-15(16)21/h2-9H,10-12H2,1H3,(H,22,24). The van der Waals surface area contributed by atoms with Gasteiger partial charge in [0, 0.05) is 13.6 Å². The molecule has 0 radical (unpaired) electrons. The molecule has 0 unspecified atom stereocenters. The van der Waals surface area contributed by atoms with E-state index in [0.717, 1.165) is 5.56 Å². The van der Waals surface area contributed by atoms with Crippen LogP contribution in [0.4, 0.5) is 5.69 Å². The maximum atomic E-state index is 12.8. The summed E-state index contributed by atoms with van der Waals surface area (Å²) in [5.41, 5.74) is 0.343. The highest BCUT2D eigenvalue weighted by atomic mass is 35.5. The van der Waals surface area contributed by atoms with Gasteiger partial charge in [0.2, 0.25) is 11.8 Å². The number of carbonyl (C=O) groups is 2. The molecule has 0 saturated heterocycles. The Balaban J connectivity index is 1.72. The third-order valence-corrected chi connectivity index (χ3v) is 5.03. The molecule has 3 rings (SSSR count). The van der Waals surface area contributed by atoms with Crippen LogP contribution >= 0.6 is 23.2 Å². The van der Waals surface area contributed by atoms with E-state index in [1.807, 2.05) is 30.3 Å². The third-order valence-electron chi connectivity index (χ3n) is 4.40. The predicted octanol–water partition coefficient (Wildman–Crippen LogP) is 4.37. The van der Waals surface area contributed by atoms with Gasteiger partial charge in [0.15, 0.2) is 0 Å². The minimum Gasteiger partial charge on any atom is -0.340 e. The van der Waals surface area contributed by atoms with Crippen LogP contribution in [0.1, 0.15) is 18.4 Å². The Kier molecular flexibility index (Phi) is 5.02. The van der Waals surface area contributed by atoms with Crippen molar-refractivity contribution in [2.24, 2.45) is 5.41 Å². The van der Waals surface area contributed by atoms with Gasteiger partial charge in [-0.1, -0.05) is 59.6 Å². The molecule has 2 aromatic carbocycles. The molecule has 1 fully saturated rings. The number of hydrogen-bond donors (Lipinski definition) is 1. The fourth-order valence-corrected chi connectivity index (χ4v) is 3.30. The van der Waals surface area contributed by atoms with E-state index in [0.29, 0.717) is 35.1 Å². The average Bonchev–Trinajstić information content (AvgIpc) is 3.40. The van der Waals surface area contributed by atoms with Crippen molar-refractivity contribution in [3.05, 3.63) is 64.1 Å². The first-order valence-electron chi connectivity index (χ1n) is 7.99.